The molecule has 0 amide bonds. The third-order valence-electron chi connectivity index (χ3n) is 1.63. The zero-order chi connectivity index (χ0) is 8.97. The largest absolute Gasteiger partial charge is 0.296 e. The van der Waals surface area contributed by atoms with Gasteiger partial charge in [-0.2, -0.15) is 0 Å². The highest BCUT2D eigenvalue weighted by Gasteiger charge is 2.04. The van der Waals surface area contributed by atoms with Crippen LogP contribution in [0, 0.1) is 0 Å². The first-order valence-corrected chi connectivity index (χ1v) is 3.88. The molecule has 3 nitrogen and oxygen atoms in total. The van der Waals surface area contributed by atoms with Gasteiger partial charge < -0.3 is 0 Å². The Labute approximate surface area is 69.9 Å². The van der Waals surface area contributed by atoms with E-state index in [0.29, 0.717) is 6.42 Å². The molecule has 1 unspecified atom stereocenters. The lowest BCUT2D eigenvalue weighted by molar-refractivity contribution is 0.283. The Morgan fingerprint density at radius 1 is 1.75 bits per heavy atom. The Morgan fingerprint density at radius 2 is 2.50 bits per heavy atom. The maximum Gasteiger partial charge on any atom is 0.253 e. The van der Waals surface area contributed by atoms with Gasteiger partial charge in [0, 0.05) is 12.3 Å². The number of rotatable bonds is 3. The van der Waals surface area contributed by atoms with Gasteiger partial charge >= 0.3 is 0 Å². The smallest absolute Gasteiger partial charge is 0.253 e. The Morgan fingerprint density at radius 3 is 3.08 bits per heavy atom. The summed E-state index contributed by atoms with van der Waals surface area (Å²) in [5.74, 6) is 0. The molecule has 0 aliphatic rings. The molecule has 1 atom stereocenters. The van der Waals surface area contributed by atoms with Crippen molar-refractivity contribution in [2.45, 2.75) is 26.1 Å². The molecular weight excluding hydrogens is 159 g/mol. The normalized spacial score (nSPS) is 12.8. The fourth-order valence-electron chi connectivity index (χ4n) is 0.858. The molecule has 0 aliphatic carbocycles. The highest BCUT2D eigenvalue weighted by Crippen LogP contribution is 1.98. The summed E-state index contributed by atoms with van der Waals surface area (Å²) in [6.07, 6.45) is 2.20. The van der Waals surface area contributed by atoms with E-state index in [1.54, 1.807) is 6.92 Å². The van der Waals surface area contributed by atoms with E-state index in [-0.39, 0.29) is 12.1 Å². The monoisotopic (exact) mass is 170 g/mol. The van der Waals surface area contributed by atoms with Crippen LogP contribution < -0.4 is 5.56 Å². The number of alkyl halides is 1. The molecule has 0 saturated carbocycles. The van der Waals surface area contributed by atoms with Crippen LogP contribution in [0.4, 0.5) is 4.39 Å². The zero-order valence-electron chi connectivity index (χ0n) is 6.90. The molecule has 4 heteroatoms. The fraction of sp³-hybridized carbons (Fsp3) is 0.500. The molecule has 1 heterocycles. The molecule has 1 aromatic heterocycles. The van der Waals surface area contributed by atoms with Gasteiger partial charge in [-0.1, -0.05) is 6.92 Å². The highest BCUT2D eigenvalue weighted by molar-refractivity contribution is 4.82. The minimum absolute atomic E-state index is 0.100. The summed E-state index contributed by atoms with van der Waals surface area (Å²) < 4.78 is 14.1. The summed E-state index contributed by atoms with van der Waals surface area (Å²) >= 11 is 0. The summed E-state index contributed by atoms with van der Waals surface area (Å²) in [6, 6.07) is 1.32. The van der Waals surface area contributed by atoms with Gasteiger partial charge in [-0.15, -0.1) is 0 Å². The summed E-state index contributed by atoms with van der Waals surface area (Å²) in [7, 11) is 0. The third kappa shape index (κ3) is 2.15. The van der Waals surface area contributed by atoms with Crippen molar-refractivity contribution < 1.29 is 4.39 Å². The predicted molar refractivity (Wildman–Crippen MR) is 43.7 cm³/mol. The van der Waals surface area contributed by atoms with Crippen LogP contribution in [0.1, 0.15) is 13.3 Å². The van der Waals surface area contributed by atoms with E-state index in [1.165, 1.54) is 23.2 Å². The van der Waals surface area contributed by atoms with Crippen molar-refractivity contribution in [3.05, 3.63) is 28.9 Å². The molecule has 66 valence electrons. The standard InChI is InChI=1S/C8H11FN2O/c1-2-7(9)5-11-6-10-4-3-8(11)12/h3-4,6-7H,2,5H2,1H3. The van der Waals surface area contributed by atoms with Crippen LogP contribution in [0.3, 0.4) is 0 Å². The van der Waals surface area contributed by atoms with Crippen LogP contribution in [-0.4, -0.2) is 15.7 Å². The molecule has 1 rings (SSSR count). The Kier molecular flexibility index (Phi) is 2.96. The van der Waals surface area contributed by atoms with Gasteiger partial charge in [-0.25, -0.2) is 9.37 Å². The van der Waals surface area contributed by atoms with E-state index >= 15 is 0 Å². The summed E-state index contributed by atoms with van der Waals surface area (Å²) in [5.41, 5.74) is -0.207. The van der Waals surface area contributed by atoms with Gasteiger partial charge in [0.05, 0.1) is 12.9 Å². The molecule has 0 bridgehead atoms. The zero-order valence-corrected chi connectivity index (χ0v) is 6.90. The van der Waals surface area contributed by atoms with Gasteiger partial charge in [0.25, 0.3) is 5.56 Å². The molecule has 0 fully saturated rings. The van der Waals surface area contributed by atoms with Gasteiger partial charge in [0.2, 0.25) is 0 Å². The molecule has 1 aromatic rings. The maximum atomic E-state index is 12.8. The van der Waals surface area contributed by atoms with Crippen LogP contribution in [-0.2, 0) is 6.54 Å². The number of hydrogen-bond acceptors (Lipinski definition) is 2. The number of nitrogens with zero attached hydrogens (tertiary/aromatic N) is 2. The molecular formula is C8H11FN2O. The third-order valence-corrected chi connectivity index (χ3v) is 1.63. The van der Waals surface area contributed by atoms with Gasteiger partial charge in [0.15, 0.2) is 0 Å². The van der Waals surface area contributed by atoms with Gasteiger partial charge in [0.1, 0.15) is 6.17 Å². The Hall–Kier alpha value is -1.19. The first-order chi connectivity index (χ1) is 5.74. The van der Waals surface area contributed by atoms with E-state index in [1.807, 2.05) is 0 Å². The molecule has 0 N–H and O–H groups in total. The quantitative estimate of drug-likeness (QED) is 0.678. The van der Waals surface area contributed by atoms with Crippen LogP contribution in [0.5, 0.6) is 0 Å². The molecule has 0 aliphatic heterocycles. The Balaban J connectivity index is 2.76. The minimum Gasteiger partial charge on any atom is -0.296 e. The first kappa shape index (κ1) is 8.90. The predicted octanol–water partition coefficient (Wildman–Crippen LogP) is 0.991. The molecule has 0 aromatic carbocycles. The summed E-state index contributed by atoms with van der Waals surface area (Å²) in [6.45, 7) is 1.84. The van der Waals surface area contributed by atoms with Crippen molar-refractivity contribution in [1.82, 2.24) is 9.55 Å². The van der Waals surface area contributed by atoms with Crippen molar-refractivity contribution in [2.75, 3.05) is 0 Å². The second-order valence-corrected chi connectivity index (χ2v) is 2.58. The molecule has 12 heavy (non-hydrogen) atoms. The number of halogens is 1. The van der Waals surface area contributed by atoms with Crippen molar-refractivity contribution in [2.24, 2.45) is 0 Å². The second-order valence-electron chi connectivity index (χ2n) is 2.58. The lowest BCUT2D eigenvalue weighted by Gasteiger charge is -2.06. The first-order valence-electron chi connectivity index (χ1n) is 3.88. The van der Waals surface area contributed by atoms with E-state index in [0.717, 1.165) is 0 Å². The number of hydrogen-bond donors (Lipinski definition) is 0. The SMILES string of the molecule is CCC(F)Cn1cnccc1=O. The summed E-state index contributed by atoms with van der Waals surface area (Å²) in [4.78, 5) is 14.8. The second kappa shape index (κ2) is 3.99. The molecule has 0 radical (unpaired) electrons. The maximum absolute atomic E-state index is 12.8. The highest BCUT2D eigenvalue weighted by atomic mass is 19.1. The average Bonchev–Trinajstić information content (AvgIpc) is 2.09. The van der Waals surface area contributed by atoms with E-state index < -0.39 is 6.17 Å². The minimum atomic E-state index is -0.966. The van der Waals surface area contributed by atoms with E-state index in [9.17, 15) is 9.18 Å². The van der Waals surface area contributed by atoms with E-state index in [2.05, 4.69) is 4.98 Å². The lowest BCUT2D eigenvalue weighted by atomic mass is 10.3. The van der Waals surface area contributed by atoms with Gasteiger partial charge in [-0.05, 0) is 6.42 Å². The molecule has 0 spiro atoms. The van der Waals surface area contributed by atoms with Crippen LogP contribution in [0.2, 0.25) is 0 Å². The number of aromatic nitrogens is 2. The lowest BCUT2D eigenvalue weighted by Crippen LogP contribution is -2.23. The molecule has 0 saturated heterocycles. The van der Waals surface area contributed by atoms with Crippen molar-refractivity contribution >= 4 is 0 Å². The van der Waals surface area contributed by atoms with E-state index in [4.69, 9.17) is 0 Å². The van der Waals surface area contributed by atoms with Crippen molar-refractivity contribution in [3.8, 4) is 0 Å². The van der Waals surface area contributed by atoms with Gasteiger partial charge in [-0.3, -0.25) is 9.36 Å². The van der Waals surface area contributed by atoms with Crippen LogP contribution in [0.15, 0.2) is 23.4 Å². The van der Waals surface area contributed by atoms with Crippen LogP contribution >= 0.6 is 0 Å². The van der Waals surface area contributed by atoms with Crippen LogP contribution in [0.25, 0.3) is 0 Å². The summed E-state index contributed by atoms with van der Waals surface area (Å²) in [5, 5.41) is 0. The average molecular weight is 170 g/mol. The van der Waals surface area contributed by atoms with Crippen molar-refractivity contribution in [3.63, 3.8) is 0 Å². The topological polar surface area (TPSA) is 34.9 Å². The Bertz CT molecular complexity index is 297. The van der Waals surface area contributed by atoms with Crippen molar-refractivity contribution in [1.29, 1.82) is 0 Å². The fourth-order valence-corrected chi connectivity index (χ4v) is 0.858.